The first kappa shape index (κ1) is 18.7. The number of allylic oxidation sites excluding steroid dienone is 4. The lowest BCUT2D eigenvalue weighted by Gasteiger charge is -2.09. The van der Waals surface area contributed by atoms with Crippen LogP contribution in [-0.2, 0) is 0 Å². The summed E-state index contributed by atoms with van der Waals surface area (Å²) >= 11 is 0. The zero-order chi connectivity index (χ0) is 20.1. The van der Waals surface area contributed by atoms with E-state index in [2.05, 4.69) is 108 Å². The highest BCUT2D eigenvalue weighted by Gasteiger charge is 2.11. The van der Waals surface area contributed by atoms with Crippen LogP contribution in [0, 0.1) is 0 Å². The maximum atomic E-state index is 4.23. The van der Waals surface area contributed by atoms with Crippen LogP contribution in [0.25, 0.3) is 33.2 Å². The number of hydrogen-bond donors (Lipinski definition) is 0. The molecule has 2 nitrogen and oxygen atoms in total. The fourth-order valence-corrected chi connectivity index (χ4v) is 3.76. The fourth-order valence-electron chi connectivity index (χ4n) is 3.76. The maximum absolute atomic E-state index is 4.23. The second-order valence-corrected chi connectivity index (χ2v) is 6.91. The first-order valence-corrected chi connectivity index (χ1v) is 9.87. The molecule has 1 aromatic heterocycles. The monoisotopic (exact) mass is 376 g/mol. The minimum absolute atomic E-state index is 0.922. The zero-order valence-corrected chi connectivity index (χ0v) is 16.5. The fraction of sp³-hybridized carbons (Fsp3) is 0.0741. The van der Waals surface area contributed by atoms with Crippen LogP contribution < -0.4 is 0 Å². The van der Waals surface area contributed by atoms with Crippen LogP contribution in [0.5, 0.6) is 0 Å². The molecule has 0 aliphatic rings. The Kier molecular flexibility index (Phi) is 5.53. The number of benzene rings is 3. The quantitative estimate of drug-likeness (QED) is 0.182. The van der Waals surface area contributed by atoms with E-state index in [1.54, 1.807) is 6.08 Å². The number of hydrogen-bond acceptors (Lipinski definition) is 1. The minimum atomic E-state index is 0.922. The Morgan fingerprint density at radius 2 is 1.45 bits per heavy atom. The summed E-state index contributed by atoms with van der Waals surface area (Å²) < 4.78 is 2.32. The molecule has 4 rings (SSSR count). The Hall–Kier alpha value is -3.65. The van der Waals surface area contributed by atoms with Gasteiger partial charge in [0.25, 0.3) is 0 Å². The van der Waals surface area contributed by atoms with Crippen molar-refractivity contribution >= 4 is 34.2 Å². The van der Waals surface area contributed by atoms with Gasteiger partial charge >= 0.3 is 0 Å². The van der Waals surface area contributed by atoms with Crippen LogP contribution in [0.15, 0.2) is 109 Å². The van der Waals surface area contributed by atoms with Gasteiger partial charge in [-0.15, -0.1) is 0 Å². The van der Waals surface area contributed by atoms with Crippen LogP contribution in [0.2, 0.25) is 0 Å². The highest BCUT2D eigenvalue weighted by molar-refractivity contribution is 6.09. The minimum Gasteiger partial charge on any atom is -0.309 e. The first-order chi connectivity index (χ1) is 14.3. The smallest absolute Gasteiger partial charge is 0.0655 e. The molecular weight excluding hydrogens is 352 g/mol. The molecular formula is C27H24N2. The van der Waals surface area contributed by atoms with Crippen molar-refractivity contribution in [2.75, 3.05) is 0 Å². The van der Waals surface area contributed by atoms with E-state index in [0.29, 0.717) is 0 Å². The molecule has 0 unspecified atom stereocenters. The largest absolute Gasteiger partial charge is 0.309 e. The van der Waals surface area contributed by atoms with E-state index in [-0.39, 0.29) is 0 Å². The number of nitrogens with zero attached hydrogens (tertiary/aromatic N) is 2. The summed E-state index contributed by atoms with van der Waals surface area (Å²) in [6.07, 6.45) is 9.89. The van der Waals surface area contributed by atoms with Crippen molar-refractivity contribution in [3.8, 4) is 5.69 Å². The molecule has 0 fully saturated rings. The Labute approximate surface area is 171 Å². The maximum Gasteiger partial charge on any atom is 0.0655 e. The molecule has 29 heavy (non-hydrogen) atoms. The predicted molar refractivity (Wildman–Crippen MR) is 127 cm³/mol. The van der Waals surface area contributed by atoms with Gasteiger partial charge in [0, 0.05) is 16.5 Å². The topological polar surface area (TPSA) is 17.3 Å². The highest BCUT2D eigenvalue weighted by atomic mass is 15.0. The van der Waals surface area contributed by atoms with Crippen molar-refractivity contribution in [1.82, 2.24) is 4.57 Å². The van der Waals surface area contributed by atoms with Crippen LogP contribution >= 0.6 is 0 Å². The molecule has 0 saturated carbocycles. The average molecular weight is 377 g/mol. The lowest BCUT2D eigenvalue weighted by atomic mass is 10.1. The van der Waals surface area contributed by atoms with Gasteiger partial charge in [0.05, 0.1) is 16.7 Å². The number of fused-ring (bicyclic) bond motifs is 3. The molecule has 0 aliphatic carbocycles. The Morgan fingerprint density at radius 3 is 2.03 bits per heavy atom. The van der Waals surface area contributed by atoms with E-state index >= 15 is 0 Å². The molecule has 3 aromatic carbocycles. The van der Waals surface area contributed by atoms with Gasteiger partial charge in [0.1, 0.15) is 0 Å². The van der Waals surface area contributed by atoms with Crippen LogP contribution in [0.4, 0.5) is 0 Å². The second-order valence-electron chi connectivity index (χ2n) is 6.91. The molecule has 0 N–H and O–H groups in total. The SMILES string of the molecule is C=C/C=C\CC/C=C(\N=C)c1ccc(-n2c3ccccc3c3ccccc32)cc1. The molecule has 0 spiro atoms. The lowest BCUT2D eigenvalue weighted by molar-refractivity contribution is 1.05. The number of rotatable bonds is 7. The molecule has 0 atom stereocenters. The number of aromatic nitrogens is 1. The lowest BCUT2D eigenvalue weighted by Crippen LogP contribution is -1.94. The van der Waals surface area contributed by atoms with E-state index in [9.17, 15) is 0 Å². The van der Waals surface area contributed by atoms with Gasteiger partial charge < -0.3 is 4.57 Å². The summed E-state index contributed by atoms with van der Waals surface area (Å²) in [5.41, 5.74) is 5.58. The van der Waals surface area contributed by atoms with Crippen molar-refractivity contribution < 1.29 is 0 Å². The van der Waals surface area contributed by atoms with Crippen LogP contribution in [0.3, 0.4) is 0 Å². The molecule has 0 aliphatic heterocycles. The van der Waals surface area contributed by atoms with Crippen molar-refractivity contribution in [2.45, 2.75) is 12.8 Å². The third-order valence-electron chi connectivity index (χ3n) is 5.11. The van der Waals surface area contributed by atoms with Crippen molar-refractivity contribution in [1.29, 1.82) is 0 Å². The van der Waals surface area contributed by atoms with E-state index in [1.165, 1.54) is 21.8 Å². The zero-order valence-electron chi connectivity index (χ0n) is 16.5. The molecule has 0 radical (unpaired) electrons. The third kappa shape index (κ3) is 3.70. The van der Waals surface area contributed by atoms with Gasteiger partial charge in [-0.1, -0.05) is 79.4 Å². The van der Waals surface area contributed by atoms with Crippen molar-refractivity contribution in [3.05, 3.63) is 109 Å². The molecule has 2 heteroatoms. The van der Waals surface area contributed by atoms with Gasteiger partial charge in [-0.3, -0.25) is 4.99 Å². The van der Waals surface area contributed by atoms with E-state index < -0.39 is 0 Å². The normalized spacial score (nSPS) is 12.1. The molecule has 0 amide bonds. The Bertz CT molecular complexity index is 1170. The molecule has 0 bridgehead atoms. The molecule has 0 saturated heterocycles. The number of aliphatic imine (C=N–C) groups is 1. The molecule has 142 valence electrons. The van der Waals surface area contributed by atoms with Crippen molar-refractivity contribution in [3.63, 3.8) is 0 Å². The van der Waals surface area contributed by atoms with Crippen LogP contribution in [0.1, 0.15) is 18.4 Å². The summed E-state index contributed by atoms with van der Waals surface area (Å²) in [4.78, 5) is 4.23. The van der Waals surface area contributed by atoms with Gasteiger partial charge in [-0.05, 0) is 49.4 Å². The highest BCUT2D eigenvalue weighted by Crippen LogP contribution is 2.32. The summed E-state index contributed by atoms with van der Waals surface area (Å²) in [7, 11) is 0. The van der Waals surface area contributed by atoms with E-state index in [4.69, 9.17) is 0 Å². The average Bonchev–Trinajstić information content (AvgIpc) is 3.11. The van der Waals surface area contributed by atoms with Gasteiger partial charge in [0.15, 0.2) is 0 Å². The first-order valence-electron chi connectivity index (χ1n) is 9.87. The Balaban J connectivity index is 1.71. The van der Waals surface area contributed by atoms with Gasteiger partial charge in [-0.2, -0.15) is 0 Å². The van der Waals surface area contributed by atoms with Gasteiger partial charge in [0.2, 0.25) is 0 Å². The summed E-state index contributed by atoms with van der Waals surface area (Å²) in [6.45, 7) is 7.44. The predicted octanol–water partition coefficient (Wildman–Crippen LogP) is 7.35. The van der Waals surface area contributed by atoms with Crippen molar-refractivity contribution in [2.24, 2.45) is 4.99 Å². The molecule has 4 aromatic rings. The summed E-state index contributed by atoms with van der Waals surface area (Å²) in [5.74, 6) is 0. The standard InChI is InChI=1S/C27H24N2/c1-3-4-5-6-7-14-25(28-2)21-17-19-22(20-18-21)29-26-15-10-8-12-23(26)24-13-9-11-16-27(24)29/h3-5,8-20H,1-2,6-7H2/b5-4-,25-14-. The summed E-state index contributed by atoms with van der Waals surface area (Å²) in [5, 5.41) is 2.54. The molecule has 1 heterocycles. The number of unbranched alkanes of at least 4 members (excludes halogenated alkanes) is 1. The van der Waals surface area contributed by atoms with Crippen LogP contribution in [-0.4, -0.2) is 11.3 Å². The second kappa shape index (κ2) is 8.57. The van der Waals surface area contributed by atoms with E-state index in [1.807, 2.05) is 6.08 Å². The summed E-state index contributed by atoms with van der Waals surface area (Å²) in [6, 6.07) is 25.7. The Morgan fingerprint density at radius 1 is 0.828 bits per heavy atom. The number of para-hydroxylation sites is 2. The third-order valence-corrected chi connectivity index (χ3v) is 5.11. The van der Waals surface area contributed by atoms with Gasteiger partial charge in [-0.25, -0.2) is 0 Å². The van der Waals surface area contributed by atoms with E-state index in [0.717, 1.165) is 29.8 Å².